The first-order valence-corrected chi connectivity index (χ1v) is 11.3. The summed E-state index contributed by atoms with van der Waals surface area (Å²) >= 11 is 3.46. The smallest absolute Gasteiger partial charge is 0.247 e. The van der Waals surface area contributed by atoms with E-state index >= 15 is 0 Å². The van der Waals surface area contributed by atoms with E-state index in [4.69, 9.17) is 23.0 Å². The highest BCUT2D eigenvalue weighted by atomic mass is 79.9. The van der Waals surface area contributed by atoms with E-state index < -0.39 is 6.10 Å². The summed E-state index contributed by atoms with van der Waals surface area (Å²) in [6.45, 7) is 3.92. The Hall–Kier alpha value is -3.43. The van der Waals surface area contributed by atoms with Crippen LogP contribution in [0, 0.1) is 6.92 Å². The lowest BCUT2D eigenvalue weighted by Crippen LogP contribution is -2.16. The number of halogens is 1. The Bertz CT molecular complexity index is 1270. The van der Waals surface area contributed by atoms with Crippen LogP contribution in [0.15, 0.2) is 61.8 Å². The summed E-state index contributed by atoms with van der Waals surface area (Å²) in [5.41, 5.74) is 2.16. The van der Waals surface area contributed by atoms with Crippen molar-refractivity contribution >= 4 is 21.7 Å². The lowest BCUT2D eigenvalue weighted by atomic mass is 10.0. The molecular weight excluding hydrogens is 504 g/mol. The van der Waals surface area contributed by atoms with Crippen LogP contribution in [-0.4, -0.2) is 36.8 Å². The van der Waals surface area contributed by atoms with E-state index in [0.717, 1.165) is 5.56 Å². The topological polar surface area (TPSA) is 96.8 Å². The zero-order chi connectivity index (χ0) is 24.2. The fourth-order valence-corrected chi connectivity index (χ4v) is 4.02. The van der Waals surface area contributed by atoms with Gasteiger partial charge in [0.15, 0.2) is 5.76 Å². The van der Waals surface area contributed by atoms with Crippen LogP contribution in [-0.2, 0) is 4.74 Å². The summed E-state index contributed by atoms with van der Waals surface area (Å²) < 4.78 is 28.7. The van der Waals surface area contributed by atoms with Crippen molar-refractivity contribution in [3.63, 3.8) is 0 Å². The number of ketones is 1. The normalized spacial score (nSPS) is 11.9. The third-order valence-electron chi connectivity index (χ3n) is 5.14. The average Bonchev–Trinajstić information content (AvgIpc) is 3.52. The number of benzene rings is 2. The molecule has 0 radical (unpaired) electrons. The number of methoxy groups -OCH3 is 2. The van der Waals surface area contributed by atoms with Crippen molar-refractivity contribution in [1.82, 2.24) is 10.2 Å². The molecule has 0 fully saturated rings. The lowest BCUT2D eigenvalue weighted by Gasteiger charge is -2.15. The van der Waals surface area contributed by atoms with Crippen molar-refractivity contribution in [1.29, 1.82) is 0 Å². The number of aryl methyl sites for hydroxylation is 1. The standard InChI is InChI=1S/C25H23BrN2O6/c1-5-32-24(15-6-8-16(9-7-15)25-28-27-14(2)33-25)23(29)19-11-10-18(34-19)17-12-20(30-3)22(26)21(13-17)31-4/h6-13,24H,5H2,1-4H3. The second kappa shape index (κ2) is 10.2. The van der Waals surface area contributed by atoms with Crippen molar-refractivity contribution in [2.45, 2.75) is 20.0 Å². The molecule has 9 heteroatoms. The van der Waals surface area contributed by atoms with Gasteiger partial charge in [-0.15, -0.1) is 10.2 Å². The highest BCUT2D eigenvalue weighted by molar-refractivity contribution is 9.10. The third kappa shape index (κ3) is 4.76. The Morgan fingerprint density at radius 1 is 0.971 bits per heavy atom. The van der Waals surface area contributed by atoms with Gasteiger partial charge < -0.3 is 23.0 Å². The number of nitrogens with zero attached hydrogens (tertiary/aromatic N) is 2. The summed E-state index contributed by atoms with van der Waals surface area (Å²) in [5.74, 6) is 2.47. The van der Waals surface area contributed by atoms with Crippen LogP contribution in [0.3, 0.4) is 0 Å². The number of furan rings is 1. The molecule has 0 aliphatic carbocycles. The number of hydrogen-bond acceptors (Lipinski definition) is 8. The van der Waals surface area contributed by atoms with Gasteiger partial charge >= 0.3 is 0 Å². The molecule has 0 saturated carbocycles. The van der Waals surface area contributed by atoms with Crippen LogP contribution in [0.1, 0.15) is 35.0 Å². The molecule has 8 nitrogen and oxygen atoms in total. The molecule has 0 saturated heterocycles. The van der Waals surface area contributed by atoms with E-state index in [1.54, 1.807) is 57.5 Å². The predicted octanol–water partition coefficient (Wildman–Crippen LogP) is 6.05. The molecule has 176 valence electrons. The predicted molar refractivity (Wildman–Crippen MR) is 128 cm³/mol. The summed E-state index contributed by atoms with van der Waals surface area (Å²) in [4.78, 5) is 13.3. The second-order valence-electron chi connectivity index (χ2n) is 7.31. The first-order chi connectivity index (χ1) is 16.4. The van der Waals surface area contributed by atoms with Gasteiger partial charge in [0.1, 0.15) is 27.8 Å². The molecule has 0 amide bonds. The molecule has 0 bridgehead atoms. The van der Waals surface area contributed by atoms with Crippen molar-refractivity contribution in [2.24, 2.45) is 0 Å². The Balaban J connectivity index is 1.61. The van der Waals surface area contributed by atoms with Crippen LogP contribution in [0.4, 0.5) is 0 Å². The number of carbonyl (C=O) groups excluding carboxylic acids is 1. The SMILES string of the molecule is CCOC(C(=O)c1ccc(-c2cc(OC)c(Br)c(OC)c2)o1)c1ccc(-c2nnc(C)o2)cc1. The van der Waals surface area contributed by atoms with E-state index in [2.05, 4.69) is 26.1 Å². The molecule has 0 aliphatic rings. The van der Waals surface area contributed by atoms with Crippen molar-refractivity contribution < 1.29 is 27.8 Å². The van der Waals surface area contributed by atoms with E-state index in [9.17, 15) is 4.79 Å². The maximum Gasteiger partial charge on any atom is 0.247 e. The zero-order valence-electron chi connectivity index (χ0n) is 19.1. The Labute approximate surface area is 205 Å². The van der Waals surface area contributed by atoms with Gasteiger partial charge in [0.2, 0.25) is 17.6 Å². The van der Waals surface area contributed by atoms with Crippen LogP contribution >= 0.6 is 15.9 Å². The maximum absolute atomic E-state index is 13.3. The molecule has 4 rings (SSSR count). The van der Waals surface area contributed by atoms with Crippen molar-refractivity contribution in [3.05, 3.63) is 70.2 Å². The maximum atomic E-state index is 13.3. The largest absolute Gasteiger partial charge is 0.495 e. The summed E-state index contributed by atoms with van der Waals surface area (Å²) in [7, 11) is 3.13. The third-order valence-corrected chi connectivity index (χ3v) is 5.92. The van der Waals surface area contributed by atoms with Gasteiger partial charge in [-0.2, -0.15) is 0 Å². The summed E-state index contributed by atoms with van der Waals surface area (Å²) in [5, 5.41) is 7.87. The lowest BCUT2D eigenvalue weighted by molar-refractivity contribution is 0.0429. The summed E-state index contributed by atoms with van der Waals surface area (Å²) in [6.07, 6.45) is -0.823. The molecule has 2 aromatic carbocycles. The minimum absolute atomic E-state index is 0.186. The van der Waals surface area contributed by atoms with Gasteiger partial charge in [-0.1, -0.05) is 12.1 Å². The second-order valence-corrected chi connectivity index (χ2v) is 8.10. The molecular formula is C25H23BrN2O6. The first-order valence-electron chi connectivity index (χ1n) is 10.5. The quantitative estimate of drug-likeness (QED) is 0.243. The fourth-order valence-electron chi connectivity index (χ4n) is 3.47. The molecule has 1 unspecified atom stereocenters. The van der Waals surface area contributed by atoms with Crippen LogP contribution < -0.4 is 9.47 Å². The van der Waals surface area contributed by atoms with Gasteiger partial charge in [-0.05, 0) is 64.8 Å². The number of hydrogen-bond donors (Lipinski definition) is 0. The Morgan fingerprint density at radius 2 is 1.65 bits per heavy atom. The first kappa shape index (κ1) is 23.7. The van der Waals surface area contributed by atoms with E-state index in [1.165, 1.54) is 0 Å². The molecule has 2 heterocycles. The van der Waals surface area contributed by atoms with Gasteiger partial charge in [0.25, 0.3) is 0 Å². The minimum Gasteiger partial charge on any atom is -0.495 e. The monoisotopic (exact) mass is 526 g/mol. The Kier molecular flexibility index (Phi) is 7.14. The number of Topliss-reactive ketones (excluding diaryl/α,β-unsaturated/α-hetero) is 1. The number of carbonyl (C=O) groups is 1. The van der Waals surface area contributed by atoms with Crippen LogP contribution in [0.25, 0.3) is 22.8 Å². The zero-order valence-corrected chi connectivity index (χ0v) is 20.7. The van der Waals surface area contributed by atoms with E-state index in [0.29, 0.717) is 51.2 Å². The Morgan fingerprint density at radius 3 is 2.21 bits per heavy atom. The number of aromatic nitrogens is 2. The average molecular weight is 527 g/mol. The number of ether oxygens (including phenoxy) is 3. The molecule has 1 atom stereocenters. The minimum atomic E-state index is -0.823. The summed E-state index contributed by atoms with van der Waals surface area (Å²) in [6, 6.07) is 14.2. The van der Waals surface area contributed by atoms with E-state index in [1.807, 2.05) is 19.1 Å². The van der Waals surface area contributed by atoms with Gasteiger partial charge in [-0.3, -0.25) is 4.79 Å². The van der Waals surface area contributed by atoms with Gasteiger partial charge in [-0.25, -0.2) is 0 Å². The molecule has 0 spiro atoms. The molecule has 2 aromatic heterocycles. The fraction of sp³-hybridized carbons (Fsp3) is 0.240. The number of rotatable bonds is 9. The highest BCUT2D eigenvalue weighted by Crippen LogP contribution is 2.39. The highest BCUT2D eigenvalue weighted by Gasteiger charge is 2.26. The van der Waals surface area contributed by atoms with Gasteiger partial charge in [0, 0.05) is 24.7 Å². The van der Waals surface area contributed by atoms with E-state index in [-0.39, 0.29) is 11.5 Å². The molecule has 0 aliphatic heterocycles. The molecule has 34 heavy (non-hydrogen) atoms. The van der Waals surface area contributed by atoms with Gasteiger partial charge in [0.05, 0.1) is 14.2 Å². The van der Waals surface area contributed by atoms with Crippen LogP contribution in [0.5, 0.6) is 11.5 Å². The van der Waals surface area contributed by atoms with Crippen LogP contribution in [0.2, 0.25) is 0 Å². The van der Waals surface area contributed by atoms with Crippen molar-refractivity contribution in [2.75, 3.05) is 20.8 Å². The van der Waals surface area contributed by atoms with Crippen molar-refractivity contribution in [3.8, 4) is 34.3 Å². The molecule has 4 aromatic rings. The molecule has 0 N–H and O–H groups in total.